The highest BCUT2D eigenvalue weighted by molar-refractivity contribution is 6.34. The summed E-state index contributed by atoms with van der Waals surface area (Å²) in [5.41, 5.74) is 1.35. The summed E-state index contributed by atoms with van der Waals surface area (Å²) in [7, 11) is 0. The van der Waals surface area contributed by atoms with E-state index in [1.54, 1.807) is 24.3 Å². The van der Waals surface area contributed by atoms with Crippen molar-refractivity contribution in [2.24, 2.45) is 0 Å². The third-order valence-corrected chi connectivity index (χ3v) is 3.08. The predicted octanol–water partition coefficient (Wildman–Crippen LogP) is 3.61. The second-order valence-electron chi connectivity index (χ2n) is 5.35. The Morgan fingerprint density at radius 2 is 2.00 bits per heavy atom. The average molecular weight is 278 g/mol. The molecule has 19 heavy (non-hydrogen) atoms. The summed E-state index contributed by atoms with van der Waals surface area (Å²) in [6.45, 7) is 6.21. The Hall–Kier alpha value is -1.81. The minimum Gasteiger partial charge on any atom is -0.305 e. The molecule has 1 aromatic heterocycles. The van der Waals surface area contributed by atoms with Crippen LogP contribution < -0.4 is 5.32 Å². The van der Waals surface area contributed by atoms with E-state index in [4.69, 9.17) is 11.6 Å². The molecule has 0 saturated carbocycles. The van der Waals surface area contributed by atoms with E-state index in [-0.39, 0.29) is 11.3 Å². The van der Waals surface area contributed by atoms with Crippen molar-refractivity contribution in [3.8, 4) is 0 Å². The second-order valence-corrected chi connectivity index (χ2v) is 5.76. The van der Waals surface area contributed by atoms with Gasteiger partial charge in [0.1, 0.15) is 0 Å². The van der Waals surface area contributed by atoms with Crippen LogP contribution in [-0.2, 0) is 5.41 Å². The zero-order valence-corrected chi connectivity index (χ0v) is 11.9. The molecule has 100 valence electrons. The molecule has 0 aliphatic heterocycles. The molecule has 1 amide bonds. The van der Waals surface area contributed by atoms with Gasteiger partial charge in [-0.2, -0.15) is 5.10 Å². The van der Waals surface area contributed by atoms with Gasteiger partial charge in [0.05, 0.1) is 10.6 Å². The number of hydrogen-bond acceptors (Lipinski definition) is 2. The highest BCUT2D eigenvalue weighted by atomic mass is 35.5. The molecular formula is C14H16ClN3O. The van der Waals surface area contributed by atoms with Gasteiger partial charge in [0.2, 0.25) is 0 Å². The Balaban J connectivity index is 2.16. The van der Waals surface area contributed by atoms with Gasteiger partial charge in [-0.15, -0.1) is 0 Å². The molecule has 0 aliphatic rings. The van der Waals surface area contributed by atoms with Gasteiger partial charge in [0.25, 0.3) is 5.91 Å². The minimum atomic E-state index is -0.266. The Morgan fingerprint density at radius 3 is 2.58 bits per heavy atom. The molecular weight excluding hydrogens is 262 g/mol. The van der Waals surface area contributed by atoms with Crippen molar-refractivity contribution >= 4 is 23.3 Å². The average Bonchev–Trinajstić information content (AvgIpc) is 2.77. The Labute approximate surface area is 117 Å². The number of aromatic amines is 1. The van der Waals surface area contributed by atoms with Gasteiger partial charge >= 0.3 is 0 Å². The first-order valence-electron chi connectivity index (χ1n) is 6.00. The minimum absolute atomic E-state index is 0.0413. The van der Waals surface area contributed by atoms with E-state index in [0.717, 1.165) is 5.69 Å². The summed E-state index contributed by atoms with van der Waals surface area (Å²) in [6.07, 6.45) is 0. The summed E-state index contributed by atoms with van der Waals surface area (Å²) in [5.74, 6) is 0.229. The van der Waals surface area contributed by atoms with Crippen LogP contribution in [0.4, 0.5) is 5.82 Å². The Bertz CT molecular complexity index is 599. The summed E-state index contributed by atoms with van der Waals surface area (Å²) in [4.78, 5) is 12.0. The van der Waals surface area contributed by atoms with Crippen LogP contribution in [0.1, 0.15) is 36.8 Å². The number of carbonyl (C=O) groups is 1. The van der Waals surface area contributed by atoms with E-state index >= 15 is 0 Å². The highest BCUT2D eigenvalue weighted by Crippen LogP contribution is 2.22. The third kappa shape index (κ3) is 3.15. The van der Waals surface area contributed by atoms with Crippen LogP contribution >= 0.6 is 11.6 Å². The number of nitrogens with one attached hydrogen (secondary N) is 2. The molecule has 2 rings (SSSR count). The molecule has 1 aromatic carbocycles. The van der Waals surface area contributed by atoms with E-state index in [1.165, 1.54) is 0 Å². The fraction of sp³-hybridized carbons (Fsp3) is 0.286. The van der Waals surface area contributed by atoms with Gasteiger partial charge in [0, 0.05) is 17.2 Å². The number of nitrogens with zero attached hydrogens (tertiary/aromatic N) is 1. The zero-order chi connectivity index (χ0) is 14.0. The van der Waals surface area contributed by atoms with E-state index in [9.17, 15) is 4.79 Å². The van der Waals surface area contributed by atoms with Crippen LogP contribution in [0.2, 0.25) is 5.02 Å². The molecule has 2 N–H and O–H groups in total. The first-order valence-corrected chi connectivity index (χ1v) is 6.37. The van der Waals surface area contributed by atoms with Crippen molar-refractivity contribution < 1.29 is 4.79 Å². The summed E-state index contributed by atoms with van der Waals surface area (Å²) < 4.78 is 0. The van der Waals surface area contributed by atoms with Gasteiger partial charge in [-0.05, 0) is 12.1 Å². The highest BCUT2D eigenvalue weighted by Gasteiger charge is 2.18. The van der Waals surface area contributed by atoms with Gasteiger partial charge in [-0.3, -0.25) is 9.89 Å². The number of carbonyl (C=O) groups excluding carboxylic acids is 1. The van der Waals surface area contributed by atoms with Crippen molar-refractivity contribution in [3.05, 3.63) is 46.6 Å². The normalized spacial score (nSPS) is 11.4. The molecule has 4 nitrogen and oxygen atoms in total. The number of benzene rings is 1. The molecule has 0 saturated heterocycles. The van der Waals surface area contributed by atoms with Gasteiger partial charge in [0.15, 0.2) is 5.82 Å². The van der Waals surface area contributed by atoms with Crippen molar-refractivity contribution in [3.63, 3.8) is 0 Å². The number of H-pyrrole nitrogens is 1. The van der Waals surface area contributed by atoms with Crippen molar-refractivity contribution in [2.45, 2.75) is 26.2 Å². The van der Waals surface area contributed by atoms with Crippen molar-refractivity contribution in [2.75, 3.05) is 5.32 Å². The number of anilines is 1. The molecule has 0 radical (unpaired) electrons. The lowest BCUT2D eigenvalue weighted by atomic mass is 9.92. The number of rotatable bonds is 2. The maximum absolute atomic E-state index is 12.0. The van der Waals surface area contributed by atoms with Crippen molar-refractivity contribution in [1.29, 1.82) is 0 Å². The van der Waals surface area contributed by atoms with Crippen LogP contribution in [0, 0.1) is 0 Å². The molecule has 0 aliphatic carbocycles. The monoisotopic (exact) mass is 277 g/mol. The quantitative estimate of drug-likeness (QED) is 0.881. The molecule has 0 atom stereocenters. The maximum Gasteiger partial charge on any atom is 0.258 e. The number of halogens is 1. The number of hydrogen-bond donors (Lipinski definition) is 2. The van der Waals surface area contributed by atoms with Crippen LogP contribution in [-0.4, -0.2) is 16.1 Å². The summed E-state index contributed by atoms with van der Waals surface area (Å²) in [5, 5.41) is 10.1. The van der Waals surface area contributed by atoms with Gasteiger partial charge < -0.3 is 5.32 Å². The molecule has 0 spiro atoms. The lowest BCUT2D eigenvalue weighted by Gasteiger charge is -2.14. The van der Waals surface area contributed by atoms with E-state index in [1.807, 2.05) is 6.07 Å². The van der Waals surface area contributed by atoms with Gasteiger partial charge in [-0.1, -0.05) is 44.5 Å². The topological polar surface area (TPSA) is 57.8 Å². The first-order chi connectivity index (χ1) is 8.88. The largest absolute Gasteiger partial charge is 0.305 e. The number of amides is 1. The van der Waals surface area contributed by atoms with E-state index < -0.39 is 0 Å². The standard InChI is InChI=1S/C14H16ClN3O/c1-14(2,3)11-8-12(18-17-11)16-13(19)9-6-4-5-7-10(9)15/h4-8H,1-3H3,(H2,16,17,18,19). The third-order valence-electron chi connectivity index (χ3n) is 2.75. The predicted molar refractivity (Wildman–Crippen MR) is 76.7 cm³/mol. The molecule has 1 heterocycles. The van der Waals surface area contributed by atoms with E-state index in [0.29, 0.717) is 16.4 Å². The summed E-state index contributed by atoms with van der Waals surface area (Å²) in [6, 6.07) is 8.74. The molecule has 0 fully saturated rings. The fourth-order valence-electron chi connectivity index (χ4n) is 1.60. The van der Waals surface area contributed by atoms with Crippen LogP contribution in [0.5, 0.6) is 0 Å². The lowest BCUT2D eigenvalue weighted by Crippen LogP contribution is -2.13. The molecule has 2 aromatic rings. The van der Waals surface area contributed by atoms with E-state index in [2.05, 4.69) is 36.3 Å². The zero-order valence-electron chi connectivity index (χ0n) is 11.1. The van der Waals surface area contributed by atoms with Crippen LogP contribution in [0.15, 0.2) is 30.3 Å². The fourth-order valence-corrected chi connectivity index (χ4v) is 1.82. The maximum atomic E-state index is 12.0. The molecule has 0 bridgehead atoms. The number of aromatic nitrogens is 2. The van der Waals surface area contributed by atoms with Crippen LogP contribution in [0.3, 0.4) is 0 Å². The second kappa shape index (κ2) is 5.05. The summed E-state index contributed by atoms with van der Waals surface area (Å²) >= 11 is 5.97. The first kappa shape index (κ1) is 13.6. The smallest absolute Gasteiger partial charge is 0.258 e. The van der Waals surface area contributed by atoms with Gasteiger partial charge in [-0.25, -0.2) is 0 Å². The molecule has 0 unspecified atom stereocenters. The lowest BCUT2D eigenvalue weighted by molar-refractivity contribution is 0.102. The Morgan fingerprint density at radius 1 is 1.32 bits per heavy atom. The SMILES string of the molecule is CC(C)(C)c1cc(NC(=O)c2ccccc2Cl)n[nH]1. The Kier molecular flexibility index (Phi) is 3.62. The van der Waals surface area contributed by atoms with Crippen LogP contribution in [0.25, 0.3) is 0 Å². The van der Waals surface area contributed by atoms with Crippen molar-refractivity contribution in [1.82, 2.24) is 10.2 Å². The molecule has 5 heteroatoms.